The summed E-state index contributed by atoms with van der Waals surface area (Å²) in [7, 11) is 0. The highest BCUT2D eigenvalue weighted by atomic mass is 16.5. The topological polar surface area (TPSA) is 117 Å². The van der Waals surface area contributed by atoms with E-state index in [2.05, 4.69) is 5.32 Å². The Bertz CT molecular complexity index is 821. The molecule has 0 aliphatic rings. The first kappa shape index (κ1) is 20.1. The third-order valence-electron chi connectivity index (χ3n) is 3.73. The van der Waals surface area contributed by atoms with Crippen molar-refractivity contribution in [3.8, 4) is 11.5 Å². The molecule has 0 aromatic heterocycles. The number of rotatable bonds is 9. The van der Waals surface area contributed by atoms with E-state index < -0.39 is 11.8 Å². The van der Waals surface area contributed by atoms with Crippen molar-refractivity contribution in [1.29, 1.82) is 0 Å². The first-order chi connectivity index (χ1) is 13.0. The third-order valence-corrected chi connectivity index (χ3v) is 3.73. The molecule has 0 radical (unpaired) electrons. The van der Waals surface area contributed by atoms with Gasteiger partial charge < -0.3 is 26.3 Å². The maximum Gasteiger partial charge on any atom is 0.261 e. The molecule has 0 aliphatic carbocycles. The summed E-state index contributed by atoms with van der Waals surface area (Å²) in [6, 6.07) is 9.90. The first-order valence-corrected chi connectivity index (χ1v) is 8.87. The fraction of sp³-hybridized carbons (Fsp3) is 0.300. The number of nitrogen functional groups attached to an aromatic ring is 1. The summed E-state index contributed by atoms with van der Waals surface area (Å²) in [5, 5.41) is 2.70. The van der Waals surface area contributed by atoms with Crippen LogP contribution in [-0.4, -0.2) is 25.0 Å². The van der Waals surface area contributed by atoms with Crippen molar-refractivity contribution in [2.45, 2.75) is 26.7 Å². The van der Waals surface area contributed by atoms with Crippen LogP contribution in [0.3, 0.4) is 0 Å². The normalized spacial score (nSPS) is 10.3. The second kappa shape index (κ2) is 9.47. The molecule has 2 aromatic rings. The number of benzene rings is 2. The number of nitrogens with one attached hydrogen (secondary N) is 1. The molecule has 0 atom stereocenters. The Hall–Kier alpha value is -3.22. The minimum absolute atomic E-state index is 0.116. The van der Waals surface area contributed by atoms with E-state index in [1.165, 1.54) is 0 Å². The van der Waals surface area contributed by atoms with Crippen LogP contribution in [0.5, 0.6) is 11.5 Å². The Labute approximate surface area is 158 Å². The number of hydrogen-bond donors (Lipinski definition) is 3. The number of anilines is 2. The smallest absolute Gasteiger partial charge is 0.261 e. The minimum Gasteiger partial charge on any atom is -0.493 e. The Balaban J connectivity index is 2.37. The van der Waals surface area contributed by atoms with Crippen LogP contribution < -0.4 is 26.3 Å². The van der Waals surface area contributed by atoms with Gasteiger partial charge in [0.25, 0.3) is 11.8 Å². The average Bonchev–Trinajstić information content (AvgIpc) is 2.64. The summed E-state index contributed by atoms with van der Waals surface area (Å²) in [5.41, 5.74) is 12.3. The molecule has 7 heteroatoms. The van der Waals surface area contributed by atoms with Crippen LogP contribution in [0.25, 0.3) is 0 Å². The standard InChI is InChI=1S/C20H25N3O4/c1-3-11-26-15-9-5-7-13(21)17(15)20(25)23-14-8-6-10-16(27-12-4-2)18(14)19(22)24/h5-10H,3-4,11-12,21H2,1-2H3,(H2,22,24)(H,23,25). The van der Waals surface area contributed by atoms with E-state index in [-0.39, 0.29) is 22.5 Å². The fourth-order valence-electron chi connectivity index (χ4n) is 2.53. The van der Waals surface area contributed by atoms with Crippen LogP contribution in [0.15, 0.2) is 36.4 Å². The van der Waals surface area contributed by atoms with Gasteiger partial charge in [-0.25, -0.2) is 0 Å². The largest absolute Gasteiger partial charge is 0.493 e. The van der Waals surface area contributed by atoms with Gasteiger partial charge in [-0.3, -0.25) is 9.59 Å². The summed E-state index contributed by atoms with van der Waals surface area (Å²) in [6.07, 6.45) is 1.56. The van der Waals surface area contributed by atoms with Crippen LogP contribution in [0.4, 0.5) is 11.4 Å². The maximum absolute atomic E-state index is 12.9. The highest BCUT2D eigenvalue weighted by Gasteiger charge is 2.21. The Morgan fingerprint density at radius 1 is 0.926 bits per heavy atom. The molecule has 0 heterocycles. The molecule has 0 bridgehead atoms. The van der Waals surface area contributed by atoms with Gasteiger partial charge in [-0.05, 0) is 37.1 Å². The van der Waals surface area contributed by atoms with Crippen molar-refractivity contribution in [3.05, 3.63) is 47.5 Å². The predicted octanol–water partition coefficient (Wildman–Crippen LogP) is 3.20. The monoisotopic (exact) mass is 371 g/mol. The van der Waals surface area contributed by atoms with Gasteiger partial charge in [0.1, 0.15) is 22.6 Å². The lowest BCUT2D eigenvalue weighted by Gasteiger charge is -2.16. The van der Waals surface area contributed by atoms with Gasteiger partial charge in [0, 0.05) is 5.69 Å². The number of hydrogen-bond acceptors (Lipinski definition) is 5. The van der Waals surface area contributed by atoms with E-state index in [9.17, 15) is 9.59 Å². The van der Waals surface area contributed by atoms with Gasteiger partial charge in [0.05, 0.1) is 18.9 Å². The summed E-state index contributed by atoms with van der Waals surface area (Å²) < 4.78 is 11.2. The molecular formula is C20H25N3O4. The lowest BCUT2D eigenvalue weighted by molar-refractivity contribution is 0.0997. The van der Waals surface area contributed by atoms with Crippen molar-refractivity contribution < 1.29 is 19.1 Å². The van der Waals surface area contributed by atoms with Gasteiger partial charge in [-0.2, -0.15) is 0 Å². The minimum atomic E-state index is -0.694. The summed E-state index contributed by atoms with van der Waals surface area (Å²) >= 11 is 0. The van der Waals surface area contributed by atoms with Crippen LogP contribution in [0.2, 0.25) is 0 Å². The van der Waals surface area contributed by atoms with Crippen molar-refractivity contribution in [2.24, 2.45) is 5.73 Å². The van der Waals surface area contributed by atoms with Crippen LogP contribution in [-0.2, 0) is 0 Å². The summed E-state index contributed by atoms with van der Waals surface area (Å²) in [4.78, 5) is 24.8. The molecule has 7 nitrogen and oxygen atoms in total. The van der Waals surface area contributed by atoms with E-state index in [1.807, 2.05) is 13.8 Å². The number of primary amides is 1. The average molecular weight is 371 g/mol. The Kier molecular flexibility index (Phi) is 7.05. The second-order valence-corrected chi connectivity index (χ2v) is 5.91. The number of amides is 2. The lowest BCUT2D eigenvalue weighted by Crippen LogP contribution is -2.21. The van der Waals surface area contributed by atoms with Crippen molar-refractivity contribution in [1.82, 2.24) is 0 Å². The molecule has 0 fully saturated rings. The SMILES string of the molecule is CCCOc1cccc(N)c1C(=O)Nc1cccc(OCCC)c1C(N)=O. The van der Waals surface area contributed by atoms with E-state index in [0.717, 1.165) is 12.8 Å². The quantitative estimate of drug-likeness (QED) is 0.585. The van der Waals surface area contributed by atoms with E-state index >= 15 is 0 Å². The molecule has 0 spiro atoms. The molecule has 2 aromatic carbocycles. The fourth-order valence-corrected chi connectivity index (χ4v) is 2.53. The summed E-state index contributed by atoms with van der Waals surface area (Å²) in [6.45, 7) is 4.80. The Morgan fingerprint density at radius 2 is 1.48 bits per heavy atom. The second-order valence-electron chi connectivity index (χ2n) is 5.91. The maximum atomic E-state index is 12.9. The molecule has 0 saturated heterocycles. The van der Waals surface area contributed by atoms with Gasteiger partial charge in [0.15, 0.2) is 0 Å². The first-order valence-electron chi connectivity index (χ1n) is 8.87. The third kappa shape index (κ3) is 4.91. The van der Waals surface area contributed by atoms with Gasteiger partial charge in [-0.15, -0.1) is 0 Å². The molecule has 5 N–H and O–H groups in total. The zero-order valence-corrected chi connectivity index (χ0v) is 15.6. The molecule has 0 aliphatic heterocycles. The molecule has 27 heavy (non-hydrogen) atoms. The zero-order valence-electron chi connectivity index (χ0n) is 15.6. The molecular weight excluding hydrogens is 346 g/mol. The van der Waals surface area contributed by atoms with Gasteiger partial charge in [-0.1, -0.05) is 26.0 Å². The van der Waals surface area contributed by atoms with Crippen LogP contribution >= 0.6 is 0 Å². The number of ether oxygens (including phenoxy) is 2. The van der Waals surface area contributed by atoms with Gasteiger partial charge in [0.2, 0.25) is 0 Å². The summed E-state index contributed by atoms with van der Waals surface area (Å²) in [5.74, 6) is -0.478. The zero-order chi connectivity index (χ0) is 19.8. The van der Waals surface area contributed by atoms with Crippen molar-refractivity contribution >= 4 is 23.2 Å². The number of nitrogens with two attached hydrogens (primary N) is 2. The van der Waals surface area contributed by atoms with Crippen molar-refractivity contribution in [2.75, 3.05) is 24.3 Å². The van der Waals surface area contributed by atoms with Crippen LogP contribution in [0.1, 0.15) is 47.4 Å². The van der Waals surface area contributed by atoms with Crippen molar-refractivity contribution in [3.63, 3.8) is 0 Å². The number of carbonyl (C=O) groups excluding carboxylic acids is 2. The van der Waals surface area contributed by atoms with Crippen LogP contribution in [0, 0.1) is 0 Å². The molecule has 2 rings (SSSR count). The van der Waals surface area contributed by atoms with E-state index in [1.54, 1.807) is 36.4 Å². The molecule has 144 valence electrons. The highest BCUT2D eigenvalue weighted by Crippen LogP contribution is 2.30. The lowest BCUT2D eigenvalue weighted by atomic mass is 10.1. The molecule has 0 saturated carbocycles. The van der Waals surface area contributed by atoms with E-state index in [0.29, 0.717) is 24.7 Å². The number of carbonyl (C=O) groups is 2. The predicted molar refractivity (Wildman–Crippen MR) is 105 cm³/mol. The van der Waals surface area contributed by atoms with E-state index in [4.69, 9.17) is 20.9 Å². The molecule has 0 unspecified atom stereocenters. The van der Waals surface area contributed by atoms with Gasteiger partial charge >= 0.3 is 0 Å². The Morgan fingerprint density at radius 3 is 2.04 bits per heavy atom. The molecule has 2 amide bonds. The highest BCUT2D eigenvalue weighted by molar-refractivity contribution is 6.13.